The molecule has 0 spiro atoms. The van der Waals surface area contributed by atoms with Crippen LogP contribution in [0.5, 0.6) is 0 Å². The third-order valence-electron chi connectivity index (χ3n) is 2.50. The van der Waals surface area contributed by atoms with Gasteiger partial charge in [0.1, 0.15) is 0 Å². The molecule has 0 saturated carbocycles. The minimum atomic E-state index is -0.611. The van der Waals surface area contributed by atoms with Gasteiger partial charge in [0.15, 0.2) is 11.4 Å². The molecule has 1 aromatic carbocycles. The van der Waals surface area contributed by atoms with Gasteiger partial charge in [0.05, 0.1) is 19.9 Å². The first-order valence-corrected chi connectivity index (χ1v) is 5.49. The number of ether oxygens (including phenoxy) is 2. The van der Waals surface area contributed by atoms with Gasteiger partial charge in [-0.3, -0.25) is 0 Å². The third kappa shape index (κ3) is 2.47. The van der Waals surface area contributed by atoms with Gasteiger partial charge < -0.3 is 9.47 Å². The Balaban J connectivity index is 2.55. The quantitative estimate of drug-likeness (QED) is 0.781. The molecular formula is C13H12N2O4. The summed E-state index contributed by atoms with van der Waals surface area (Å²) in [6.45, 7) is 0. The van der Waals surface area contributed by atoms with Gasteiger partial charge in [0.2, 0.25) is 0 Å². The maximum absolute atomic E-state index is 11.7. The zero-order valence-corrected chi connectivity index (χ0v) is 10.5. The van der Waals surface area contributed by atoms with E-state index in [-0.39, 0.29) is 11.4 Å². The first-order chi connectivity index (χ1) is 9.17. The molecule has 2 aromatic rings. The Kier molecular flexibility index (Phi) is 3.61. The minimum Gasteiger partial charge on any atom is -0.464 e. The van der Waals surface area contributed by atoms with Crippen LogP contribution in [0.2, 0.25) is 0 Å². The summed E-state index contributed by atoms with van der Waals surface area (Å²) in [4.78, 5) is 23.2. The summed E-state index contributed by atoms with van der Waals surface area (Å²) >= 11 is 0. The maximum atomic E-state index is 11.7. The predicted molar refractivity (Wildman–Crippen MR) is 66.2 cm³/mol. The van der Waals surface area contributed by atoms with Crippen molar-refractivity contribution in [1.29, 1.82) is 0 Å². The van der Waals surface area contributed by atoms with E-state index >= 15 is 0 Å². The van der Waals surface area contributed by atoms with Gasteiger partial charge in [-0.05, 0) is 12.1 Å². The molecule has 1 heterocycles. The lowest BCUT2D eigenvalue weighted by Gasteiger charge is -2.04. The standard InChI is InChI=1S/C13H12N2O4/c1-18-12(16)10-8-11(13(17)19-2)15(14-10)9-6-4-3-5-7-9/h3-8H,1-2H3. The lowest BCUT2D eigenvalue weighted by molar-refractivity contribution is 0.0585. The molecule has 0 atom stereocenters. The average Bonchev–Trinajstić information content (AvgIpc) is 2.91. The molecule has 0 saturated heterocycles. The van der Waals surface area contributed by atoms with Gasteiger partial charge in [-0.25, -0.2) is 14.3 Å². The van der Waals surface area contributed by atoms with Crippen molar-refractivity contribution in [2.24, 2.45) is 0 Å². The summed E-state index contributed by atoms with van der Waals surface area (Å²) in [6, 6.07) is 10.3. The Morgan fingerprint density at radius 1 is 1.05 bits per heavy atom. The number of rotatable bonds is 3. The summed E-state index contributed by atoms with van der Waals surface area (Å²) in [5.41, 5.74) is 0.860. The average molecular weight is 260 g/mol. The Hall–Kier alpha value is -2.63. The fourth-order valence-electron chi connectivity index (χ4n) is 1.60. The number of carbonyl (C=O) groups is 2. The van der Waals surface area contributed by atoms with Gasteiger partial charge >= 0.3 is 11.9 Å². The molecular weight excluding hydrogens is 248 g/mol. The molecule has 0 bridgehead atoms. The van der Waals surface area contributed by atoms with Crippen molar-refractivity contribution in [3.05, 3.63) is 47.8 Å². The molecule has 6 nitrogen and oxygen atoms in total. The van der Waals surface area contributed by atoms with Crippen molar-refractivity contribution in [2.75, 3.05) is 14.2 Å². The van der Waals surface area contributed by atoms with Gasteiger partial charge in [-0.15, -0.1) is 0 Å². The second-order valence-electron chi connectivity index (χ2n) is 3.65. The van der Waals surface area contributed by atoms with Crippen molar-refractivity contribution in [2.45, 2.75) is 0 Å². The topological polar surface area (TPSA) is 70.4 Å². The molecule has 98 valence electrons. The van der Waals surface area contributed by atoms with E-state index in [1.807, 2.05) is 6.07 Å². The molecule has 0 N–H and O–H groups in total. The van der Waals surface area contributed by atoms with E-state index in [2.05, 4.69) is 14.6 Å². The molecule has 0 aliphatic heterocycles. The summed E-state index contributed by atoms with van der Waals surface area (Å²) < 4.78 is 10.6. The number of carbonyl (C=O) groups excluding carboxylic acids is 2. The van der Waals surface area contributed by atoms with E-state index in [0.29, 0.717) is 5.69 Å². The van der Waals surface area contributed by atoms with Crippen LogP contribution in [0.3, 0.4) is 0 Å². The second-order valence-corrected chi connectivity index (χ2v) is 3.65. The zero-order valence-electron chi connectivity index (χ0n) is 10.5. The molecule has 0 amide bonds. The summed E-state index contributed by atoms with van der Waals surface area (Å²) in [5, 5.41) is 4.06. The second kappa shape index (κ2) is 5.34. The van der Waals surface area contributed by atoms with E-state index in [4.69, 9.17) is 0 Å². The number of hydrogen-bond acceptors (Lipinski definition) is 5. The lowest BCUT2D eigenvalue weighted by Crippen LogP contribution is -2.10. The van der Waals surface area contributed by atoms with Gasteiger partial charge in [-0.1, -0.05) is 18.2 Å². The fourth-order valence-corrected chi connectivity index (χ4v) is 1.60. The summed E-state index contributed by atoms with van der Waals surface area (Å²) in [5.74, 6) is -1.19. The van der Waals surface area contributed by atoms with E-state index in [1.54, 1.807) is 24.3 Å². The highest BCUT2D eigenvalue weighted by atomic mass is 16.5. The SMILES string of the molecule is COC(=O)c1cc(C(=O)OC)n(-c2ccccc2)n1. The Morgan fingerprint density at radius 3 is 2.26 bits per heavy atom. The Bertz CT molecular complexity index is 604. The molecule has 6 heteroatoms. The molecule has 1 aromatic heterocycles. The molecule has 0 radical (unpaired) electrons. The Labute approximate surface area is 109 Å². The predicted octanol–water partition coefficient (Wildman–Crippen LogP) is 1.45. The number of nitrogens with zero attached hydrogens (tertiary/aromatic N) is 2. The molecule has 2 rings (SSSR count). The largest absolute Gasteiger partial charge is 0.464 e. The highest BCUT2D eigenvalue weighted by Gasteiger charge is 2.20. The first kappa shape index (κ1) is 12.8. The van der Waals surface area contributed by atoms with Crippen LogP contribution in [0.1, 0.15) is 21.0 Å². The molecule has 0 unspecified atom stereocenters. The van der Waals surface area contributed by atoms with Crippen LogP contribution in [0.15, 0.2) is 36.4 Å². The van der Waals surface area contributed by atoms with Crippen molar-refractivity contribution in [3.63, 3.8) is 0 Å². The van der Waals surface area contributed by atoms with Gasteiger partial charge in [0.25, 0.3) is 0 Å². The first-order valence-electron chi connectivity index (χ1n) is 5.49. The molecule has 0 fully saturated rings. The van der Waals surface area contributed by atoms with Crippen LogP contribution < -0.4 is 0 Å². The zero-order chi connectivity index (χ0) is 13.8. The number of aromatic nitrogens is 2. The van der Waals surface area contributed by atoms with E-state index in [0.717, 1.165) is 0 Å². The summed E-state index contributed by atoms with van der Waals surface area (Å²) in [7, 11) is 2.52. The third-order valence-corrected chi connectivity index (χ3v) is 2.50. The van der Waals surface area contributed by atoms with Crippen LogP contribution in [-0.4, -0.2) is 35.9 Å². The molecule has 0 aliphatic rings. The van der Waals surface area contributed by atoms with Crippen LogP contribution >= 0.6 is 0 Å². The number of para-hydroxylation sites is 1. The number of methoxy groups -OCH3 is 2. The van der Waals surface area contributed by atoms with Crippen molar-refractivity contribution >= 4 is 11.9 Å². The monoisotopic (exact) mass is 260 g/mol. The van der Waals surface area contributed by atoms with E-state index in [9.17, 15) is 9.59 Å². The Morgan fingerprint density at radius 2 is 1.68 bits per heavy atom. The van der Waals surface area contributed by atoms with Gasteiger partial charge in [-0.2, -0.15) is 5.10 Å². The van der Waals surface area contributed by atoms with E-state index < -0.39 is 11.9 Å². The highest BCUT2D eigenvalue weighted by Crippen LogP contribution is 2.14. The maximum Gasteiger partial charge on any atom is 0.358 e. The van der Waals surface area contributed by atoms with Crippen LogP contribution in [0, 0.1) is 0 Å². The van der Waals surface area contributed by atoms with Crippen LogP contribution in [-0.2, 0) is 9.47 Å². The lowest BCUT2D eigenvalue weighted by atomic mass is 10.3. The summed E-state index contributed by atoms with van der Waals surface area (Å²) in [6.07, 6.45) is 0. The molecule has 0 aliphatic carbocycles. The number of benzene rings is 1. The fraction of sp³-hybridized carbons (Fsp3) is 0.154. The van der Waals surface area contributed by atoms with Gasteiger partial charge in [0, 0.05) is 6.07 Å². The number of hydrogen-bond donors (Lipinski definition) is 0. The molecule has 19 heavy (non-hydrogen) atoms. The van der Waals surface area contributed by atoms with Crippen LogP contribution in [0.25, 0.3) is 5.69 Å². The minimum absolute atomic E-state index is 0.0479. The van der Waals surface area contributed by atoms with Crippen molar-refractivity contribution < 1.29 is 19.1 Å². The number of esters is 2. The van der Waals surface area contributed by atoms with Crippen molar-refractivity contribution in [1.82, 2.24) is 9.78 Å². The van der Waals surface area contributed by atoms with Crippen molar-refractivity contribution in [3.8, 4) is 5.69 Å². The highest BCUT2D eigenvalue weighted by molar-refractivity contribution is 5.93. The normalized spacial score (nSPS) is 10.0. The van der Waals surface area contributed by atoms with E-state index in [1.165, 1.54) is 25.0 Å². The van der Waals surface area contributed by atoms with Crippen LogP contribution in [0.4, 0.5) is 0 Å². The smallest absolute Gasteiger partial charge is 0.358 e.